The minimum Gasteiger partial charge on any atom is -0.340 e. The average Bonchev–Trinajstić information content (AvgIpc) is 3.61. The molecule has 3 aromatic rings. The Morgan fingerprint density at radius 2 is 2.03 bits per heavy atom. The highest BCUT2D eigenvalue weighted by atomic mass is 35.5. The highest BCUT2D eigenvalue weighted by molar-refractivity contribution is 7.92. The Bertz CT molecular complexity index is 1430. The molecule has 5 rings (SSSR count). The van der Waals surface area contributed by atoms with E-state index in [0.717, 1.165) is 25.1 Å². The molecule has 7 nitrogen and oxygen atoms in total. The van der Waals surface area contributed by atoms with Gasteiger partial charge in [0.25, 0.3) is 0 Å². The molecule has 1 fully saturated rings. The standard InChI is InChI=1S/C23H21ClF3N5O2S2/c24-17-9-14(25)5-6-16(17)20-19(13-10-29-32(11-13)23(26)27)18(12-36(33,34)15-3-1-2-4-15)30-21(31-20)22-28-7-8-35-22/h5-11,15,20,23H,1-4,12H2,(H,30,31)/t20-/m0/s1. The van der Waals surface area contributed by atoms with E-state index in [-0.39, 0.29) is 22.0 Å². The van der Waals surface area contributed by atoms with E-state index in [2.05, 4.69) is 15.4 Å². The molecule has 0 spiro atoms. The van der Waals surface area contributed by atoms with Gasteiger partial charge in [0.05, 0.1) is 17.2 Å². The number of hydrogen-bond acceptors (Lipinski definition) is 7. The maximum absolute atomic E-state index is 13.9. The summed E-state index contributed by atoms with van der Waals surface area (Å²) in [5.41, 5.74) is 1.26. The number of amidine groups is 1. The summed E-state index contributed by atoms with van der Waals surface area (Å²) >= 11 is 7.70. The molecule has 13 heteroatoms. The molecule has 0 bridgehead atoms. The largest absolute Gasteiger partial charge is 0.340 e. The molecular weight excluding hydrogens is 535 g/mol. The van der Waals surface area contributed by atoms with Crippen molar-refractivity contribution in [3.63, 3.8) is 0 Å². The van der Waals surface area contributed by atoms with Crippen molar-refractivity contribution in [1.29, 1.82) is 0 Å². The molecule has 1 aliphatic carbocycles. The Balaban J connectivity index is 1.70. The molecule has 1 atom stereocenters. The lowest BCUT2D eigenvalue weighted by molar-refractivity contribution is 0.0566. The SMILES string of the molecule is O=S(=O)(CC1=C(c2cnn(C(F)F)c2)[C@H](c2ccc(F)cc2Cl)N=C(c2nccs2)N1)C1CCCC1. The third-order valence-corrected chi connectivity index (χ3v) is 9.57. The normalized spacial score (nSPS) is 19.1. The molecule has 2 aromatic heterocycles. The van der Waals surface area contributed by atoms with Crippen LogP contribution in [0.5, 0.6) is 0 Å². The van der Waals surface area contributed by atoms with Crippen LogP contribution in [0.2, 0.25) is 5.02 Å². The van der Waals surface area contributed by atoms with Crippen LogP contribution < -0.4 is 5.32 Å². The Morgan fingerprint density at radius 1 is 1.25 bits per heavy atom. The first-order chi connectivity index (χ1) is 17.2. The zero-order valence-electron chi connectivity index (χ0n) is 18.7. The van der Waals surface area contributed by atoms with E-state index >= 15 is 0 Å². The first kappa shape index (κ1) is 25.0. The summed E-state index contributed by atoms with van der Waals surface area (Å²) in [6.45, 7) is -2.89. The molecule has 190 valence electrons. The lowest BCUT2D eigenvalue weighted by Crippen LogP contribution is -2.35. The molecule has 1 saturated carbocycles. The van der Waals surface area contributed by atoms with Crippen LogP contribution in [-0.4, -0.2) is 40.0 Å². The number of benzene rings is 1. The van der Waals surface area contributed by atoms with Gasteiger partial charge in [0.2, 0.25) is 0 Å². The van der Waals surface area contributed by atoms with Crippen molar-refractivity contribution in [1.82, 2.24) is 20.1 Å². The smallest absolute Gasteiger partial charge is 0.333 e. The van der Waals surface area contributed by atoms with Crippen molar-refractivity contribution in [2.45, 2.75) is 43.5 Å². The van der Waals surface area contributed by atoms with Gasteiger partial charge in [-0.2, -0.15) is 13.9 Å². The molecule has 0 radical (unpaired) electrons. The summed E-state index contributed by atoms with van der Waals surface area (Å²) in [6.07, 6.45) is 6.79. The van der Waals surface area contributed by atoms with Crippen molar-refractivity contribution in [2.75, 3.05) is 5.75 Å². The molecule has 1 aliphatic heterocycles. The summed E-state index contributed by atoms with van der Waals surface area (Å²) in [5, 5.41) is 8.70. The second-order valence-corrected chi connectivity index (χ2v) is 12.2. The van der Waals surface area contributed by atoms with Crippen molar-refractivity contribution in [3.05, 3.63) is 74.8 Å². The second-order valence-electron chi connectivity index (χ2n) is 8.60. The third-order valence-electron chi connectivity index (χ3n) is 6.29. The third kappa shape index (κ3) is 4.94. The Labute approximate surface area is 214 Å². The monoisotopic (exact) mass is 555 g/mol. The van der Waals surface area contributed by atoms with Crippen LogP contribution in [-0.2, 0) is 9.84 Å². The fraction of sp³-hybridized carbons (Fsp3) is 0.348. The van der Waals surface area contributed by atoms with Gasteiger partial charge in [0, 0.05) is 39.6 Å². The molecule has 2 aliphatic rings. The van der Waals surface area contributed by atoms with E-state index in [1.807, 2.05) is 0 Å². The van der Waals surface area contributed by atoms with E-state index in [9.17, 15) is 21.6 Å². The number of hydrogen-bond donors (Lipinski definition) is 1. The van der Waals surface area contributed by atoms with Crippen LogP contribution in [0.15, 0.2) is 52.9 Å². The van der Waals surface area contributed by atoms with Gasteiger partial charge in [0.1, 0.15) is 11.9 Å². The van der Waals surface area contributed by atoms with Gasteiger partial charge in [-0.05, 0) is 30.5 Å². The van der Waals surface area contributed by atoms with Gasteiger partial charge >= 0.3 is 6.55 Å². The average molecular weight is 556 g/mol. The zero-order chi connectivity index (χ0) is 25.4. The van der Waals surface area contributed by atoms with Gasteiger partial charge in [0.15, 0.2) is 20.7 Å². The van der Waals surface area contributed by atoms with E-state index in [1.165, 1.54) is 29.7 Å². The molecular formula is C23H21ClF3N5O2S2. The minimum absolute atomic E-state index is 0.0703. The van der Waals surface area contributed by atoms with Crippen molar-refractivity contribution < 1.29 is 21.6 Å². The second kappa shape index (κ2) is 9.98. The Hall–Kier alpha value is -2.70. The quantitative estimate of drug-likeness (QED) is 0.422. The Kier molecular flexibility index (Phi) is 6.92. The van der Waals surface area contributed by atoms with Gasteiger partial charge in [-0.3, -0.25) is 4.99 Å². The number of thiazole rings is 1. The van der Waals surface area contributed by atoms with E-state index in [4.69, 9.17) is 16.6 Å². The fourth-order valence-corrected chi connectivity index (χ4v) is 7.37. The lowest BCUT2D eigenvalue weighted by atomic mass is 9.92. The number of nitrogens with zero attached hydrogens (tertiary/aromatic N) is 4. The van der Waals surface area contributed by atoms with Crippen molar-refractivity contribution in [2.24, 2.45) is 4.99 Å². The minimum atomic E-state index is -3.59. The Morgan fingerprint density at radius 3 is 2.67 bits per heavy atom. The molecule has 0 saturated heterocycles. The summed E-state index contributed by atoms with van der Waals surface area (Å²) in [7, 11) is -3.59. The molecule has 1 aromatic carbocycles. The highest BCUT2D eigenvalue weighted by Gasteiger charge is 2.36. The van der Waals surface area contributed by atoms with E-state index in [0.29, 0.717) is 39.5 Å². The lowest BCUT2D eigenvalue weighted by Gasteiger charge is -2.29. The van der Waals surface area contributed by atoms with Gasteiger partial charge in [-0.1, -0.05) is 30.5 Å². The van der Waals surface area contributed by atoms with E-state index in [1.54, 1.807) is 11.6 Å². The summed E-state index contributed by atoms with van der Waals surface area (Å²) in [4.78, 5) is 9.03. The van der Waals surface area contributed by atoms with Crippen LogP contribution >= 0.6 is 22.9 Å². The maximum Gasteiger partial charge on any atom is 0.333 e. The van der Waals surface area contributed by atoms with Crippen LogP contribution in [0.25, 0.3) is 5.57 Å². The summed E-state index contributed by atoms with van der Waals surface area (Å²) in [6, 6.07) is 2.89. The molecule has 3 heterocycles. The first-order valence-corrected chi connectivity index (χ1v) is 14.2. The predicted molar refractivity (Wildman–Crippen MR) is 132 cm³/mol. The highest BCUT2D eigenvalue weighted by Crippen LogP contribution is 2.42. The number of nitrogens with one attached hydrogen (secondary N) is 1. The molecule has 36 heavy (non-hydrogen) atoms. The molecule has 0 amide bonds. The zero-order valence-corrected chi connectivity index (χ0v) is 21.1. The number of rotatable bonds is 7. The van der Waals surface area contributed by atoms with Crippen LogP contribution in [0.1, 0.15) is 54.4 Å². The molecule has 1 N–H and O–H groups in total. The van der Waals surface area contributed by atoms with Gasteiger partial charge in [-0.15, -0.1) is 11.3 Å². The van der Waals surface area contributed by atoms with Crippen molar-refractivity contribution in [3.8, 4) is 0 Å². The summed E-state index contributed by atoms with van der Waals surface area (Å²) < 4.78 is 67.9. The molecule has 0 unspecified atom stereocenters. The fourth-order valence-electron chi connectivity index (χ4n) is 4.59. The number of aromatic nitrogens is 3. The van der Waals surface area contributed by atoms with E-state index < -0.39 is 33.5 Å². The maximum atomic E-state index is 13.9. The topological polar surface area (TPSA) is 89.2 Å². The predicted octanol–water partition coefficient (Wildman–Crippen LogP) is 5.39. The first-order valence-electron chi connectivity index (χ1n) is 11.2. The number of alkyl halides is 2. The van der Waals surface area contributed by atoms with Crippen LogP contribution in [0.3, 0.4) is 0 Å². The van der Waals surface area contributed by atoms with Gasteiger partial charge < -0.3 is 5.32 Å². The van der Waals surface area contributed by atoms with Gasteiger partial charge in [-0.25, -0.2) is 22.5 Å². The number of sulfone groups is 1. The summed E-state index contributed by atoms with van der Waals surface area (Å²) in [5.74, 6) is -0.592. The van der Waals surface area contributed by atoms with Crippen LogP contribution in [0.4, 0.5) is 13.2 Å². The van der Waals surface area contributed by atoms with Crippen LogP contribution in [0, 0.1) is 5.82 Å². The van der Waals surface area contributed by atoms with Crippen molar-refractivity contribution >= 4 is 44.2 Å². The number of aliphatic imine (C=N–C) groups is 1. The number of halogens is 4.